The molecule has 0 atom stereocenters. The Labute approximate surface area is 199 Å². The van der Waals surface area contributed by atoms with Gasteiger partial charge in [0.2, 0.25) is 17.7 Å². The van der Waals surface area contributed by atoms with E-state index < -0.39 is 11.7 Å². The number of hydrogen-bond donors (Lipinski definition) is 2. The van der Waals surface area contributed by atoms with Crippen molar-refractivity contribution in [2.75, 3.05) is 24.2 Å². The lowest BCUT2D eigenvalue weighted by Crippen LogP contribution is -2.34. The van der Waals surface area contributed by atoms with Crippen LogP contribution in [0.3, 0.4) is 0 Å². The SMILES string of the molecule is O=C(CSc1nnc(CN2CCCC2=O)n1-c1ccccn1)NCC(=O)Nc1ccc(F)cc1. The van der Waals surface area contributed by atoms with E-state index >= 15 is 0 Å². The molecule has 1 aromatic carbocycles. The third-order valence-corrected chi connectivity index (χ3v) is 5.92. The van der Waals surface area contributed by atoms with Gasteiger partial charge in [0.15, 0.2) is 11.0 Å². The first kappa shape index (κ1) is 23.4. The fourth-order valence-corrected chi connectivity index (χ4v) is 4.14. The van der Waals surface area contributed by atoms with Crippen molar-refractivity contribution in [1.82, 2.24) is 30.0 Å². The first-order chi connectivity index (χ1) is 16.5. The van der Waals surface area contributed by atoms with Crippen LogP contribution in [0.15, 0.2) is 53.8 Å². The highest BCUT2D eigenvalue weighted by Gasteiger charge is 2.24. The number of likely N-dealkylation sites (tertiary alicyclic amines) is 1. The fraction of sp³-hybridized carbons (Fsp3) is 0.273. The van der Waals surface area contributed by atoms with Crippen LogP contribution in [-0.2, 0) is 20.9 Å². The number of benzene rings is 1. The number of rotatable bonds is 9. The van der Waals surface area contributed by atoms with E-state index in [4.69, 9.17) is 0 Å². The van der Waals surface area contributed by atoms with E-state index in [1.807, 2.05) is 6.07 Å². The molecule has 2 N–H and O–H groups in total. The molecule has 0 aliphatic carbocycles. The normalized spacial score (nSPS) is 13.2. The molecule has 1 aliphatic rings. The van der Waals surface area contributed by atoms with Gasteiger partial charge in [-0.05, 0) is 42.8 Å². The molecule has 3 amide bonds. The lowest BCUT2D eigenvalue weighted by atomic mass is 10.3. The summed E-state index contributed by atoms with van der Waals surface area (Å²) in [5.74, 6) is -0.00562. The van der Waals surface area contributed by atoms with Crippen molar-refractivity contribution in [3.8, 4) is 5.82 Å². The molecule has 1 saturated heterocycles. The first-order valence-electron chi connectivity index (χ1n) is 10.6. The van der Waals surface area contributed by atoms with Crippen LogP contribution in [0.1, 0.15) is 18.7 Å². The second-order valence-electron chi connectivity index (χ2n) is 7.46. The van der Waals surface area contributed by atoms with Gasteiger partial charge < -0.3 is 15.5 Å². The fourth-order valence-electron chi connectivity index (χ4n) is 3.35. The third-order valence-electron chi connectivity index (χ3n) is 4.99. The average Bonchev–Trinajstić information content (AvgIpc) is 3.44. The predicted octanol–water partition coefficient (Wildman–Crippen LogP) is 1.77. The van der Waals surface area contributed by atoms with Gasteiger partial charge in [0.1, 0.15) is 11.6 Å². The lowest BCUT2D eigenvalue weighted by Gasteiger charge is -2.16. The van der Waals surface area contributed by atoms with Gasteiger partial charge in [0.05, 0.1) is 18.8 Å². The average molecular weight is 484 g/mol. The maximum absolute atomic E-state index is 13.0. The number of thioether (sulfide) groups is 1. The zero-order chi connectivity index (χ0) is 23.9. The van der Waals surface area contributed by atoms with E-state index in [-0.39, 0.29) is 24.1 Å². The van der Waals surface area contributed by atoms with Gasteiger partial charge in [-0.15, -0.1) is 10.2 Å². The Morgan fingerprint density at radius 2 is 1.91 bits per heavy atom. The molecule has 2 aromatic heterocycles. The standard InChI is InChI=1S/C22H22FN7O3S/c23-15-6-8-16(9-7-15)26-19(31)12-25-20(32)14-34-22-28-27-18(13-29-11-3-5-21(29)33)30(22)17-4-1-2-10-24-17/h1-2,4,6-10H,3,5,11-14H2,(H,25,32)(H,26,31). The minimum absolute atomic E-state index is 0.00254. The van der Waals surface area contributed by atoms with E-state index in [1.54, 1.807) is 27.8 Å². The third kappa shape index (κ3) is 5.95. The Bertz CT molecular complexity index is 1170. The Hall–Kier alpha value is -3.80. The van der Waals surface area contributed by atoms with Crippen LogP contribution in [0, 0.1) is 5.82 Å². The maximum Gasteiger partial charge on any atom is 0.243 e. The summed E-state index contributed by atoms with van der Waals surface area (Å²) in [6.07, 6.45) is 2.97. The molecule has 1 fully saturated rings. The second kappa shape index (κ2) is 10.9. The number of carbonyl (C=O) groups excluding carboxylic acids is 3. The van der Waals surface area contributed by atoms with Crippen LogP contribution < -0.4 is 10.6 Å². The molecular formula is C22H22FN7O3S. The maximum atomic E-state index is 13.0. The quantitative estimate of drug-likeness (QED) is 0.445. The Balaban J connectivity index is 1.36. The number of nitrogens with one attached hydrogen (secondary N) is 2. The smallest absolute Gasteiger partial charge is 0.243 e. The number of nitrogens with zero attached hydrogens (tertiary/aromatic N) is 5. The van der Waals surface area contributed by atoms with Crippen molar-refractivity contribution in [2.45, 2.75) is 24.5 Å². The number of hydrogen-bond acceptors (Lipinski definition) is 7. The molecular weight excluding hydrogens is 461 g/mol. The van der Waals surface area contributed by atoms with E-state index in [9.17, 15) is 18.8 Å². The van der Waals surface area contributed by atoms with E-state index in [0.29, 0.717) is 42.0 Å². The van der Waals surface area contributed by atoms with Gasteiger partial charge in [-0.25, -0.2) is 9.37 Å². The monoisotopic (exact) mass is 483 g/mol. The summed E-state index contributed by atoms with van der Waals surface area (Å²) in [5, 5.41) is 14.0. The van der Waals surface area contributed by atoms with Crippen molar-refractivity contribution in [3.05, 3.63) is 60.3 Å². The minimum Gasteiger partial charge on any atom is -0.346 e. The summed E-state index contributed by atoms with van der Waals surface area (Å²) in [5.41, 5.74) is 0.433. The molecule has 176 valence electrons. The minimum atomic E-state index is -0.431. The summed E-state index contributed by atoms with van der Waals surface area (Å²) in [7, 11) is 0. The molecule has 4 rings (SSSR count). The largest absolute Gasteiger partial charge is 0.346 e. The van der Waals surface area contributed by atoms with Gasteiger partial charge in [-0.1, -0.05) is 17.8 Å². The summed E-state index contributed by atoms with van der Waals surface area (Å²) in [6, 6.07) is 10.7. The van der Waals surface area contributed by atoms with Gasteiger partial charge in [-0.2, -0.15) is 0 Å². The van der Waals surface area contributed by atoms with Gasteiger partial charge in [0.25, 0.3) is 0 Å². The van der Waals surface area contributed by atoms with Crippen LogP contribution in [0.2, 0.25) is 0 Å². The number of anilines is 1. The zero-order valence-electron chi connectivity index (χ0n) is 18.1. The number of pyridine rings is 1. The molecule has 0 radical (unpaired) electrons. The van der Waals surface area contributed by atoms with Crippen molar-refractivity contribution in [1.29, 1.82) is 0 Å². The number of aromatic nitrogens is 4. The Morgan fingerprint density at radius 1 is 1.09 bits per heavy atom. The van der Waals surface area contributed by atoms with Crippen LogP contribution in [-0.4, -0.2) is 61.2 Å². The molecule has 0 unspecified atom stereocenters. The van der Waals surface area contributed by atoms with Crippen molar-refractivity contribution >= 4 is 35.2 Å². The summed E-state index contributed by atoms with van der Waals surface area (Å²) in [6.45, 7) is 0.740. The van der Waals surface area contributed by atoms with Crippen molar-refractivity contribution in [2.24, 2.45) is 0 Å². The van der Waals surface area contributed by atoms with E-state index in [2.05, 4.69) is 25.8 Å². The van der Waals surface area contributed by atoms with Gasteiger partial charge in [0, 0.05) is 24.8 Å². The van der Waals surface area contributed by atoms with E-state index in [0.717, 1.165) is 18.2 Å². The van der Waals surface area contributed by atoms with Crippen molar-refractivity contribution < 1.29 is 18.8 Å². The summed E-state index contributed by atoms with van der Waals surface area (Å²) in [4.78, 5) is 42.5. The molecule has 34 heavy (non-hydrogen) atoms. The lowest BCUT2D eigenvalue weighted by molar-refractivity contribution is -0.128. The van der Waals surface area contributed by atoms with Gasteiger partial charge >= 0.3 is 0 Å². The molecule has 3 heterocycles. The van der Waals surface area contributed by atoms with Crippen molar-refractivity contribution in [3.63, 3.8) is 0 Å². The highest BCUT2D eigenvalue weighted by Crippen LogP contribution is 2.23. The van der Waals surface area contributed by atoms with Crippen LogP contribution in [0.4, 0.5) is 10.1 Å². The molecule has 0 spiro atoms. The van der Waals surface area contributed by atoms with Gasteiger partial charge in [-0.3, -0.25) is 19.0 Å². The van der Waals surface area contributed by atoms with E-state index in [1.165, 1.54) is 24.3 Å². The highest BCUT2D eigenvalue weighted by molar-refractivity contribution is 7.99. The van der Waals surface area contributed by atoms with Crippen LogP contribution in [0.25, 0.3) is 5.82 Å². The molecule has 1 aliphatic heterocycles. The summed E-state index contributed by atoms with van der Waals surface area (Å²) < 4.78 is 14.7. The van der Waals surface area contributed by atoms with Crippen LogP contribution >= 0.6 is 11.8 Å². The topological polar surface area (TPSA) is 122 Å². The Kier molecular flexibility index (Phi) is 7.48. The number of amides is 3. The first-order valence-corrected chi connectivity index (χ1v) is 11.6. The molecule has 0 saturated carbocycles. The molecule has 3 aromatic rings. The Morgan fingerprint density at radius 3 is 2.62 bits per heavy atom. The van der Waals surface area contributed by atoms with Crippen LogP contribution in [0.5, 0.6) is 0 Å². The summed E-state index contributed by atoms with van der Waals surface area (Å²) >= 11 is 1.15. The molecule has 0 bridgehead atoms. The molecule has 10 nitrogen and oxygen atoms in total. The number of halogens is 1. The second-order valence-corrected chi connectivity index (χ2v) is 8.40. The predicted molar refractivity (Wildman–Crippen MR) is 123 cm³/mol. The highest BCUT2D eigenvalue weighted by atomic mass is 32.2. The number of carbonyl (C=O) groups is 3. The zero-order valence-corrected chi connectivity index (χ0v) is 18.9. The molecule has 12 heteroatoms.